The molecule has 0 aliphatic carbocycles. The molecular formula is C36H38O9. The molecule has 2 heterocycles. The summed E-state index contributed by atoms with van der Waals surface area (Å²) in [5.41, 5.74) is 2.17. The van der Waals surface area contributed by atoms with Gasteiger partial charge in [-0.3, -0.25) is 9.59 Å². The number of methoxy groups -OCH3 is 1. The number of carbonyl (C=O) groups excluding carboxylic acids is 3. The normalized spacial score (nSPS) is 27.2. The Hall–Kier alpha value is -4.31. The van der Waals surface area contributed by atoms with Gasteiger partial charge in [0, 0.05) is 7.11 Å². The third kappa shape index (κ3) is 8.25. The lowest BCUT2D eigenvalue weighted by atomic mass is 9.92. The minimum absolute atomic E-state index is 0.264. The Kier molecular flexibility index (Phi) is 11.1. The zero-order valence-electron chi connectivity index (χ0n) is 25.1. The van der Waals surface area contributed by atoms with Crippen LogP contribution in [-0.2, 0) is 46.1 Å². The summed E-state index contributed by atoms with van der Waals surface area (Å²) in [4.78, 5) is 40.9. The molecule has 5 rings (SSSR count). The van der Waals surface area contributed by atoms with Gasteiger partial charge in [-0.1, -0.05) is 91.0 Å². The Morgan fingerprint density at radius 2 is 1.24 bits per heavy atom. The van der Waals surface area contributed by atoms with Crippen molar-refractivity contribution >= 4 is 17.9 Å². The molecule has 0 unspecified atom stereocenters. The predicted octanol–water partition coefficient (Wildman–Crippen LogP) is 4.47. The number of rotatable bonds is 8. The van der Waals surface area contributed by atoms with Gasteiger partial charge >= 0.3 is 17.9 Å². The van der Waals surface area contributed by atoms with E-state index in [1.807, 2.05) is 72.8 Å². The van der Waals surface area contributed by atoms with Gasteiger partial charge in [0.25, 0.3) is 0 Å². The van der Waals surface area contributed by atoms with Crippen molar-refractivity contribution in [1.29, 1.82) is 0 Å². The molecule has 1 fully saturated rings. The molecule has 45 heavy (non-hydrogen) atoms. The molecule has 3 aromatic carbocycles. The van der Waals surface area contributed by atoms with Crippen LogP contribution in [0, 0.1) is 11.8 Å². The number of hydrogen-bond acceptors (Lipinski definition) is 9. The summed E-state index contributed by atoms with van der Waals surface area (Å²) in [7, 11) is 1.35. The van der Waals surface area contributed by atoms with E-state index >= 15 is 0 Å². The number of aliphatic hydroxyl groups excluding tert-OH is 1. The van der Waals surface area contributed by atoms with Crippen LogP contribution in [0.25, 0.3) is 0 Å². The molecule has 3 aromatic rings. The summed E-state index contributed by atoms with van der Waals surface area (Å²) in [6, 6.07) is 27.5. The first kappa shape index (κ1) is 32.1. The van der Waals surface area contributed by atoms with Gasteiger partial charge in [-0.2, -0.15) is 0 Å². The number of fused-ring (bicyclic) bond motifs is 1. The van der Waals surface area contributed by atoms with Gasteiger partial charge in [0.2, 0.25) is 0 Å². The minimum Gasteiger partial charge on any atom is -0.455 e. The Morgan fingerprint density at radius 1 is 0.756 bits per heavy atom. The second kappa shape index (κ2) is 15.6. The van der Waals surface area contributed by atoms with Crippen molar-refractivity contribution in [3.05, 3.63) is 120 Å². The van der Waals surface area contributed by atoms with E-state index in [1.165, 1.54) is 7.11 Å². The Morgan fingerprint density at radius 3 is 1.73 bits per heavy atom. The van der Waals surface area contributed by atoms with E-state index in [4.69, 9.17) is 23.7 Å². The molecule has 0 spiro atoms. The number of carbonyl (C=O) groups is 3. The van der Waals surface area contributed by atoms with Crippen LogP contribution in [-0.4, -0.2) is 67.4 Å². The van der Waals surface area contributed by atoms with Gasteiger partial charge in [0.15, 0.2) is 24.6 Å². The molecule has 0 bridgehead atoms. The van der Waals surface area contributed by atoms with E-state index in [2.05, 4.69) is 0 Å². The highest BCUT2D eigenvalue weighted by Gasteiger charge is 2.53. The lowest BCUT2D eigenvalue weighted by Gasteiger charge is -2.44. The first-order valence-corrected chi connectivity index (χ1v) is 15.2. The zero-order chi connectivity index (χ0) is 31.6. The molecule has 0 aromatic heterocycles. The molecule has 9 nitrogen and oxygen atoms in total. The first-order chi connectivity index (χ1) is 22.0. The Bertz CT molecular complexity index is 1430. The number of allylic oxidation sites excluding steroid dienone is 2. The lowest BCUT2D eigenvalue weighted by molar-refractivity contribution is -0.300. The largest absolute Gasteiger partial charge is 0.455 e. The van der Waals surface area contributed by atoms with Crippen LogP contribution in [0.1, 0.15) is 34.3 Å². The highest BCUT2D eigenvalue weighted by atomic mass is 16.7. The predicted molar refractivity (Wildman–Crippen MR) is 164 cm³/mol. The van der Waals surface area contributed by atoms with Crippen LogP contribution in [0.5, 0.6) is 0 Å². The molecule has 0 saturated carbocycles. The fourth-order valence-corrected chi connectivity index (χ4v) is 5.69. The highest BCUT2D eigenvalue weighted by molar-refractivity contribution is 5.89. The Balaban J connectivity index is 1.52. The van der Waals surface area contributed by atoms with Crippen LogP contribution in [0.15, 0.2) is 103 Å². The summed E-state index contributed by atoms with van der Waals surface area (Å²) >= 11 is 0. The third-order valence-corrected chi connectivity index (χ3v) is 8.08. The van der Waals surface area contributed by atoms with Crippen LogP contribution >= 0.6 is 0 Å². The average Bonchev–Trinajstić information content (AvgIpc) is 3.07. The molecular weight excluding hydrogens is 576 g/mol. The molecule has 7 atom stereocenters. The van der Waals surface area contributed by atoms with Crippen molar-refractivity contribution in [1.82, 2.24) is 0 Å². The van der Waals surface area contributed by atoms with E-state index in [0.717, 1.165) is 11.1 Å². The number of aliphatic hydroxyl groups is 1. The van der Waals surface area contributed by atoms with Crippen molar-refractivity contribution in [2.45, 2.75) is 56.4 Å². The van der Waals surface area contributed by atoms with Crippen LogP contribution < -0.4 is 0 Å². The average molecular weight is 615 g/mol. The van der Waals surface area contributed by atoms with Crippen LogP contribution in [0.2, 0.25) is 0 Å². The fraction of sp³-hybridized carbons (Fsp3) is 0.361. The number of benzene rings is 3. The molecule has 2 aliphatic heterocycles. The van der Waals surface area contributed by atoms with Crippen molar-refractivity contribution in [2.75, 3.05) is 13.7 Å². The SMILES string of the molecule is CO[C@H]1O[C@H](CO)[C@H]2OC(=O)[C@H](Cc3ccccc3)CC=CC[C@@H](Cc3ccccc3)C(=O)O[C@@H]2[C@@H]1OC(=O)c1ccccc1. The zero-order valence-corrected chi connectivity index (χ0v) is 25.1. The maximum atomic E-state index is 13.9. The monoisotopic (exact) mass is 614 g/mol. The molecule has 9 heteroatoms. The molecule has 1 N–H and O–H groups in total. The topological polar surface area (TPSA) is 118 Å². The van der Waals surface area contributed by atoms with Crippen molar-refractivity contribution in [2.24, 2.45) is 11.8 Å². The minimum atomic E-state index is -1.33. The summed E-state index contributed by atoms with van der Waals surface area (Å²) in [5, 5.41) is 10.3. The van der Waals surface area contributed by atoms with Crippen LogP contribution in [0.3, 0.4) is 0 Å². The van der Waals surface area contributed by atoms with Crippen molar-refractivity contribution in [3.8, 4) is 0 Å². The first-order valence-electron chi connectivity index (χ1n) is 15.2. The number of ether oxygens (including phenoxy) is 5. The standard InChI is InChI=1S/C36H38O9/c1-41-36-32(45-33(38)26-17-9-4-10-18-26)31-30(29(23-37)42-36)43-34(39)27(21-24-13-5-2-6-14-24)19-11-12-20-28(35(40)44-31)22-25-15-7-3-8-16-25/h2-18,27-32,36-37H,19-23H2,1H3/t27-,28-,29+,30+,31-,32-,36-/m0/s1. The van der Waals surface area contributed by atoms with E-state index in [-0.39, 0.29) is 5.56 Å². The third-order valence-electron chi connectivity index (χ3n) is 8.08. The highest BCUT2D eigenvalue weighted by Crippen LogP contribution is 2.32. The lowest BCUT2D eigenvalue weighted by Crippen LogP contribution is -2.63. The number of esters is 3. The fourth-order valence-electron chi connectivity index (χ4n) is 5.69. The molecule has 236 valence electrons. The van der Waals surface area contributed by atoms with E-state index in [0.29, 0.717) is 25.7 Å². The van der Waals surface area contributed by atoms with E-state index in [9.17, 15) is 19.5 Å². The van der Waals surface area contributed by atoms with Crippen LogP contribution in [0.4, 0.5) is 0 Å². The summed E-state index contributed by atoms with van der Waals surface area (Å²) in [6.07, 6.45) is -0.935. The Labute approximate surface area is 262 Å². The smallest absolute Gasteiger partial charge is 0.338 e. The maximum absolute atomic E-state index is 13.9. The second-order valence-electron chi connectivity index (χ2n) is 11.2. The molecule has 2 aliphatic rings. The summed E-state index contributed by atoms with van der Waals surface area (Å²) in [5.74, 6) is -2.98. The number of hydrogen-bond donors (Lipinski definition) is 1. The van der Waals surface area contributed by atoms with E-state index < -0.39 is 67.1 Å². The van der Waals surface area contributed by atoms with E-state index in [1.54, 1.807) is 30.3 Å². The molecule has 1 saturated heterocycles. The van der Waals surface area contributed by atoms with Gasteiger partial charge in [-0.05, 0) is 48.9 Å². The maximum Gasteiger partial charge on any atom is 0.338 e. The van der Waals surface area contributed by atoms with Gasteiger partial charge < -0.3 is 28.8 Å². The van der Waals surface area contributed by atoms with Crippen molar-refractivity contribution in [3.63, 3.8) is 0 Å². The molecule has 0 amide bonds. The summed E-state index contributed by atoms with van der Waals surface area (Å²) < 4.78 is 29.5. The van der Waals surface area contributed by atoms with Gasteiger partial charge in [0.1, 0.15) is 6.10 Å². The summed E-state index contributed by atoms with van der Waals surface area (Å²) in [6.45, 7) is -0.568. The van der Waals surface area contributed by atoms with Gasteiger partial charge in [0.05, 0.1) is 24.0 Å². The van der Waals surface area contributed by atoms with Gasteiger partial charge in [-0.15, -0.1) is 0 Å². The van der Waals surface area contributed by atoms with Crippen molar-refractivity contribution < 1.29 is 43.2 Å². The quantitative estimate of drug-likeness (QED) is 0.223. The molecule has 0 radical (unpaired) electrons. The van der Waals surface area contributed by atoms with Gasteiger partial charge in [-0.25, -0.2) is 4.79 Å². The second-order valence-corrected chi connectivity index (χ2v) is 11.2.